The molecule has 1 saturated carbocycles. The van der Waals surface area contributed by atoms with Crippen LogP contribution in [-0.2, 0) is 6.54 Å². The molecule has 2 atom stereocenters. The minimum Gasteiger partial charge on any atom is -0.326 e. The second kappa shape index (κ2) is 5.76. The van der Waals surface area contributed by atoms with Crippen LogP contribution in [0.2, 0.25) is 0 Å². The van der Waals surface area contributed by atoms with Gasteiger partial charge in [0.25, 0.3) is 0 Å². The quantitative estimate of drug-likeness (QED) is 0.898. The van der Waals surface area contributed by atoms with Crippen molar-refractivity contribution in [2.24, 2.45) is 5.73 Å². The molecule has 18 heavy (non-hydrogen) atoms. The van der Waals surface area contributed by atoms with Gasteiger partial charge in [0.2, 0.25) is 0 Å². The van der Waals surface area contributed by atoms with Crippen LogP contribution in [0.1, 0.15) is 31.2 Å². The molecule has 0 radical (unpaired) electrons. The molecule has 1 aromatic carbocycles. The van der Waals surface area contributed by atoms with Gasteiger partial charge in [0, 0.05) is 18.6 Å². The molecule has 4 heteroatoms. The van der Waals surface area contributed by atoms with Crippen molar-refractivity contribution in [1.29, 1.82) is 0 Å². The molecule has 0 spiro atoms. The number of nitrogens with zero attached hydrogens (tertiary/aromatic N) is 1. The molecule has 1 aliphatic carbocycles. The van der Waals surface area contributed by atoms with E-state index in [2.05, 4.69) is 4.90 Å². The van der Waals surface area contributed by atoms with Gasteiger partial charge in [-0.2, -0.15) is 0 Å². The second-order valence-electron chi connectivity index (χ2n) is 5.18. The Labute approximate surface area is 107 Å². The number of hydrogen-bond acceptors (Lipinski definition) is 2. The first-order chi connectivity index (χ1) is 8.58. The first-order valence-electron chi connectivity index (χ1n) is 6.47. The first kappa shape index (κ1) is 13.4. The summed E-state index contributed by atoms with van der Waals surface area (Å²) in [7, 11) is 2.00. The Kier molecular flexibility index (Phi) is 4.30. The predicted molar refractivity (Wildman–Crippen MR) is 68.1 cm³/mol. The van der Waals surface area contributed by atoms with Gasteiger partial charge < -0.3 is 5.73 Å². The Morgan fingerprint density at radius 3 is 2.61 bits per heavy atom. The predicted octanol–water partition coefficient (Wildman–Crippen LogP) is 2.67. The second-order valence-corrected chi connectivity index (χ2v) is 5.18. The fraction of sp³-hybridized carbons (Fsp3) is 0.571. The van der Waals surface area contributed by atoms with E-state index in [1.807, 2.05) is 7.05 Å². The molecular weight excluding hydrogens is 234 g/mol. The van der Waals surface area contributed by atoms with Crippen LogP contribution in [-0.4, -0.2) is 24.0 Å². The lowest BCUT2D eigenvalue weighted by molar-refractivity contribution is 0.162. The van der Waals surface area contributed by atoms with Crippen molar-refractivity contribution in [3.05, 3.63) is 35.4 Å². The Balaban J connectivity index is 2.01. The van der Waals surface area contributed by atoms with Crippen LogP contribution in [0.15, 0.2) is 18.2 Å². The molecule has 0 bridgehead atoms. The van der Waals surface area contributed by atoms with Crippen molar-refractivity contribution >= 4 is 0 Å². The molecule has 100 valence electrons. The molecule has 0 amide bonds. The van der Waals surface area contributed by atoms with Crippen LogP contribution < -0.4 is 5.73 Å². The summed E-state index contributed by atoms with van der Waals surface area (Å²) in [6, 6.07) is 4.60. The van der Waals surface area contributed by atoms with E-state index in [1.54, 1.807) is 6.07 Å². The van der Waals surface area contributed by atoms with Crippen LogP contribution in [0, 0.1) is 11.6 Å². The van der Waals surface area contributed by atoms with E-state index in [1.165, 1.54) is 25.0 Å². The van der Waals surface area contributed by atoms with E-state index < -0.39 is 11.6 Å². The highest BCUT2D eigenvalue weighted by Gasteiger charge is 2.25. The zero-order chi connectivity index (χ0) is 13.1. The number of hydrogen-bond donors (Lipinski definition) is 1. The Morgan fingerprint density at radius 2 is 1.94 bits per heavy atom. The Hall–Kier alpha value is -1.00. The lowest BCUT2D eigenvalue weighted by Gasteiger charge is -2.36. The van der Waals surface area contributed by atoms with Crippen molar-refractivity contribution in [3.63, 3.8) is 0 Å². The van der Waals surface area contributed by atoms with E-state index in [-0.39, 0.29) is 6.04 Å². The number of rotatable bonds is 3. The van der Waals surface area contributed by atoms with Gasteiger partial charge in [-0.25, -0.2) is 8.78 Å². The van der Waals surface area contributed by atoms with Gasteiger partial charge in [-0.1, -0.05) is 18.9 Å². The van der Waals surface area contributed by atoms with Gasteiger partial charge in [-0.05, 0) is 37.6 Å². The summed E-state index contributed by atoms with van der Waals surface area (Å²) < 4.78 is 26.0. The summed E-state index contributed by atoms with van der Waals surface area (Å²) in [5, 5.41) is 0. The minimum absolute atomic E-state index is 0.189. The van der Waals surface area contributed by atoms with Crippen LogP contribution in [0.4, 0.5) is 8.78 Å². The van der Waals surface area contributed by atoms with Crippen molar-refractivity contribution < 1.29 is 8.78 Å². The van der Waals surface area contributed by atoms with Crippen molar-refractivity contribution in [1.82, 2.24) is 4.90 Å². The number of halogens is 2. The molecule has 2 N–H and O–H groups in total. The van der Waals surface area contributed by atoms with Gasteiger partial charge in [0.15, 0.2) is 11.6 Å². The maximum absolute atomic E-state index is 13.1. The molecule has 1 fully saturated rings. The van der Waals surface area contributed by atoms with Crippen molar-refractivity contribution in [2.75, 3.05) is 7.05 Å². The third-order valence-corrected chi connectivity index (χ3v) is 3.76. The molecule has 2 nitrogen and oxygen atoms in total. The third-order valence-electron chi connectivity index (χ3n) is 3.76. The molecule has 1 aliphatic rings. The van der Waals surface area contributed by atoms with E-state index in [0.717, 1.165) is 18.4 Å². The maximum atomic E-state index is 13.1. The van der Waals surface area contributed by atoms with Crippen LogP contribution in [0.25, 0.3) is 0 Å². The standard InChI is InChI=1S/C14H20F2N2/c1-18(14-5-3-2-4-13(14)17)9-10-6-7-11(15)12(16)8-10/h6-8,13-14H,2-5,9,17H2,1H3. The largest absolute Gasteiger partial charge is 0.326 e. The molecule has 0 heterocycles. The summed E-state index contributed by atoms with van der Waals surface area (Å²) in [6.45, 7) is 0.607. The maximum Gasteiger partial charge on any atom is 0.159 e. The first-order valence-corrected chi connectivity index (χ1v) is 6.47. The van der Waals surface area contributed by atoms with Gasteiger partial charge in [0.1, 0.15) is 0 Å². The molecule has 1 aromatic rings. The normalized spacial score (nSPS) is 24.5. The van der Waals surface area contributed by atoms with Gasteiger partial charge in [-0.15, -0.1) is 0 Å². The van der Waals surface area contributed by atoms with Crippen molar-refractivity contribution in [3.8, 4) is 0 Å². The van der Waals surface area contributed by atoms with E-state index >= 15 is 0 Å². The highest BCUT2D eigenvalue weighted by Crippen LogP contribution is 2.22. The average Bonchev–Trinajstić information content (AvgIpc) is 2.34. The Morgan fingerprint density at radius 1 is 1.22 bits per heavy atom. The summed E-state index contributed by atoms with van der Waals surface area (Å²) in [6.07, 6.45) is 4.52. The molecule has 0 aromatic heterocycles. The fourth-order valence-corrected chi connectivity index (χ4v) is 2.73. The summed E-state index contributed by atoms with van der Waals surface area (Å²) in [5.74, 6) is -1.58. The molecule has 2 rings (SSSR count). The monoisotopic (exact) mass is 254 g/mol. The summed E-state index contributed by atoms with van der Waals surface area (Å²) in [5.41, 5.74) is 6.90. The number of benzene rings is 1. The van der Waals surface area contributed by atoms with Gasteiger partial charge >= 0.3 is 0 Å². The highest BCUT2D eigenvalue weighted by molar-refractivity contribution is 5.17. The topological polar surface area (TPSA) is 29.3 Å². The Bertz CT molecular complexity index is 409. The van der Waals surface area contributed by atoms with E-state index in [9.17, 15) is 8.78 Å². The molecule has 0 saturated heterocycles. The van der Waals surface area contributed by atoms with Gasteiger partial charge in [-0.3, -0.25) is 4.90 Å². The lowest BCUT2D eigenvalue weighted by Crippen LogP contribution is -2.47. The van der Waals surface area contributed by atoms with E-state index in [0.29, 0.717) is 12.6 Å². The molecule has 2 unspecified atom stereocenters. The summed E-state index contributed by atoms with van der Waals surface area (Å²) in [4.78, 5) is 2.15. The fourth-order valence-electron chi connectivity index (χ4n) is 2.73. The zero-order valence-corrected chi connectivity index (χ0v) is 10.7. The van der Waals surface area contributed by atoms with E-state index in [4.69, 9.17) is 5.73 Å². The third kappa shape index (κ3) is 3.06. The zero-order valence-electron chi connectivity index (χ0n) is 10.7. The van der Waals surface area contributed by atoms with Crippen LogP contribution in [0.5, 0.6) is 0 Å². The lowest BCUT2D eigenvalue weighted by atomic mass is 9.90. The van der Waals surface area contributed by atoms with Crippen LogP contribution in [0.3, 0.4) is 0 Å². The van der Waals surface area contributed by atoms with Gasteiger partial charge in [0.05, 0.1) is 0 Å². The molecule has 0 aliphatic heterocycles. The number of nitrogens with two attached hydrogens (primary N) is 1. The summed E-state index contributed by atoms with van der Waals surface area (Å²) >= 11 is 0. The van der Waals surface area contributed by atoms with Crippen molar-refractivity contribution in [2.45, 2.75) is 44.3 Å². The van der Waals surface area contributed by atoms with Crippen LogP contribution >= 0.6 is 0 Å². The number of likely N-dealkylation sites (N-methyl/N-ethyl adjacent to an activating group) is 1. The SMILES string of the molecule is CN(Cc1ccc(F)c(F)c1)C1CCCCC1N. The minimum atomic E-state index is -0.796. The average molecular weight is 254 g/mol. The highest BCUT2D eigenvalue weighted by atomic mass is 19.2. The smallest absolute Gasteiger partial charge is 0.159 e. The molecular formula is C14H20F2N2.